The predicted molar refractivity (Wildman–Crippen MR) is 58.0 cm³/mol. The fourth-order valence-corrected chi connectivity index (χ4v) is 2.47. The fraction of sp³-hybridized carbons (Fsp3) is 1.00. The second-order valence-electron chi connectivity index (χ2n) is 3.85. The molecule has 2 nitrogen and oxygen atoms in total. The lowest BCUT2D eigenvalue weighted by Crippen LogP contribution is -2.46. The van der Waals surface area contributed by atoms with Gasteiger partial charge in [-0.05, 0) is 39.3 Å². The van der Waals surface area contributed by atoms with Crippen LogP contribution in [0.15, 0.2) is 0 Å². The van der Waals surface area contributed by atoms with Gasteiger partial charge in [-0.15, -0.1) is 0 Å². The second-order valence-corrected chi connectivity index (χ2v) is 3.85. The molecule has 0 spiro atoms. The van der Waals surface area contributed by atoms with E-state index in [9.17, 15) is 0 Å². The summed E-state index contributed by atoms with van der Waals surface area (Å²) >= 11 is 0. The Morgan fingerprint density at radius 1 is 1.15 bits per heavy atom. The number of nitrogens with one attached hydrogen (secondary N) is 1. The highest BCUT2D eigenvalue weighted by atomic mass is 15.2. The number of piperidine rings is 1. The van der Waals surface area contributed by atoms with Crippen LogP contribution in [0.1, 0.15) is 39.5 Å². The van der Waals surface area contributed by atoms with Crippen molar-refractivity contribution in [3.05, 3.63) is 0 Å². The Balaban J connectivity index is 0.000000396. The van der Waals surface area contributed by atoms with Crippen LogP contribution in [0.25, 0.3) is 0 Å². The van der Waals surface area contributed by atoms with E-state index in [4.69, 9.17) is 0 Å². The highest BCUT2D eigenvalue weighted by molar-refractivity contribution is 4.88. The summed E-state index contributed by atoms with van der Waals surface area (Å²) in [6, 6.07) is 1.71. The van der Waals surface area contributed by atoms with E-state index in [-0.39, 0.29) is 0 Å². The highest BCUT2D eigenvalue weighted by Gasteiger charge is 2.30. The third-order valence-corrected chi connectivity index (χ3v) is 3.21. The molecule has 2 saturated heterocycles. The molecule has 2 fully saturated rings. The lowest BCUT2D eigenvalue weighted by Gasteiger charge is -2.34. The zero-order chi connectivity index (χ0) is 9.68. The maximum Gasteiger partial charge on any atom is 0.0192 e. The van der Waals surface area contributed by atoms with E-state index >= 15 is 0 Å². The summed E-state index contributed by atoms with van der Waals surface area (Å²) in [5.41, 5.74) is 0. The SMILES string of the molecule is CC.CNC1CCC2CCCN2C1. The van der Waals surface area contributed by atoms with Gasteiger partial charge < -0.3 is 5.32 Å². The first-order valence-corrected chi connectivity index (χ1v) is 5.81. The van der Waals surface area contributed by atoms with Crippen molar-refractivity contribution in [3.8, 4) is 0 Å². The molecule has 2 heteroatoms. The van der Waals surface area contributed by atoms with Gasteiger partial charge in [0.2, 0.25) is 0 Å². The van der Waals surface area contributed by atoms with Gasteiger partial charge >= 0.3 is 0 Å². The van der Waals surface area contributed by atoms with Crippen LogP contribution in [0.3, 0.4) is 0 Å². The number of fused-ring (bicyclic) bond motifs is 1. The first kappa shape index (κ1) is 11.0. The highest BCUT2D eigenvalue weighted by Crippen LogP contribution is 2.26. The Hall–Kier alpha value is -0.0800. The van der Waals surface area contributed by atoms with Crippen LogP contribution in [0.4, 0.5) is 0 Å². The number of hydrogen-bond donors (Lipinski definition) is 1. The van der Waals surface area contributed by atoms with E-state index in [0.29, 0.717) is 0 Å². The van der Waals surface area contributed by atoms with Crippen LogP contribution in [0.2, 0.25) is 0 Å². The molecule has 0 radical (unpaired) electrons. The van der Waals surface area contributed by atoms with E-state index in [1.54, 1.807) is 0 Å². The summed E-state index contributed by atoms with van der Waals surface area (Å²) in [6.07, 6.45) is 5.70. The zero-order valence-corrected chi connectivity index (χ0v) is 9.34. The molecule has 0 aromatic carbocycles. The van der Waals surface area contributed by atoms with Crippen LogP contribution >= 0.6 is 0 Å². The lowest BCUT2D eigenvalue weighted by atomic mass is 9.99. The van der Waals surface area contributed by atoms with Gasteiger partial charge in [0.25, 0.3) is 0 Å². The molecule has 0 saturated carbocycles. The Bertz CT molecular complexity index is 136. The summed E-state index contributed by atoms with van der Waals surface area (Å²) in [7, 11) is 2.08. The Morgan fingerprint density at radius 3 is 2.62 bits per heavy atom. The number of likely N-dealkylation sites (N-methyl/N-ethyl adjacent to an activating group) is 1. The molecule has 2 aliphatic heterocycles. The van der Waals surface area contributed by atoms with Crippen molar-refractivity contribution in [2.75, 3.05) is 20.1 Å². The normalized spacial score (nSPS) is 33.5. The first-order chi connectivity index (χ1) is 6.40. The number of hydrogen-bond acceptors (Lipinski definition) is 2. The van der Waals surface area contributed by atoms with Crippen molar-refractivity contribution in [1.82, 2.24) is 10.2 Å². The third-order valence-electron chi connectivity index (χ3n) is 3.21. The minimum Gasteiger partial charge on any atom is -0.316 e. The van der Waals surface area contributed by atoms with Crippen molar-refractivity contribution >= 4 is 0 Å². The second kappa shape index (κ2) is 5.61. The zero-order valence-electron chi connectivity index (χ0n) is 9.34. The number of nitrogens with zero attached hydrogens (tertiary/aromatic N) is 1. The maximum atomic E-state index is 3.37. The van der Waals surface area contributed by atoms with Crippen molar-refractivity contribution in [3.63, 3.8) is 0 Å². The van der Waals surface area contributed by atoms with Crippen molar-refractivity contribution < 1.29 is 0 Å². The third kappa shape index (κ3) is 2.68. The summed E-state index contributed by atoms with van der Waals surface area (Å²) in [4.78, 5) is 2.66. The minimum absolute atomic E-state index is 0.768. The van der Waals surface area contributed by atoms with Gasteiger partial charge in [-0.3, -0.25) is 4.90 Å². The summed E-state index contributed by atoms with van der Waals surface area (Å²) in [6.45, 7) is 6.64. The van der Waals surface area contributed by atoms with Crippen LogP contribution in [0.5, 0.6) is 0 Å². The largest absolute Gasteiger partial charge is 0.316 e. The predicted octanol–water partition coefficient (Wildman–Crippen LogP) is 1.86. The molecule has 0 aliphatic carbocycles. The van der Waals surface area contributed by atoms with Gasteiger partial charge in [0.1, 0.15) is 0 Å². The monoisotopic (exact) mass is 184 g/mol. The molecule has 0 bridgehead atoms. The summed E-state index contributed by atoms with van der Waals surface area (Å²) in [5, 5.41) is 3.37. The molecule has 0 aromatic heterocycles. The Kier molecular flexibility index (Phi) is 4.74. The van der Waals surface area contributed by atoms with Crippen LogP contribution in [-0.2, 0) is 0 Å². The molecule has 1 N–H and O–H groups in total. The average Bonchev–Trinajstić information content (AvgIpc) is 2.67. The van der Waals surface area contributed by atoms with Crippen LogP contribution in [-0.4, -0.2) is 37.1 Å². The minimum atomic E-state index is 0.768. The van der Waals surface area contributed by atoms with E-state index < -0.39 is 0 Å². The summed E-state index contributed by atoms with van der Waals surface area (Å²) < 4.78 is 0. The molecule has 2 heterocycles. The summed E-state index contributed by atoms with van der Waals surface area (Å²) in [5.74, 6) is 0. The molecule has 0 amide bonds. The molecule has 13 heavy (non-hydrogen) atoms. The maximum absolute atomic E-state index is 3.37. The van der Waals surface area contributed by atoms with Crippen LogP contribution in [0, 0.1) is 0 Å². The topological polar surface area (TPSA) is 15.3 Å². The standard InChI is InChI=1S/C9H18N2.C2H6/c1-10-8-4-5-9-3-2-6-11(9)7-8;1-2/h8-10H,2-7H2,1H3;1-2H3. The molecule has 0 aromatic rings. The average molecular weight is 184 g/mol. The van der Waals surface area contributed by atoms with Gasteiger partial charge in [0.15, 0.2) is 0 Å². The smallest absolute Gasteiger partial charge is 0.0192 e. The molecule has 2 unspecified atom stereocenters. The Morgan fingerprint density at radius 2 is 1.92 bits per heavy atom. The molecule has 2 aliphatic rings. The van der Waals surface area contributed by atoms with Gasteiger partial charge in [-0.25, -0.2) is 0 Å². The fourth-order valence-electron chi connectivity index (χ4n) is 2.47. The molecule has 2 atom stereocenters. The van der Waals surface area contributed by atoms with Crippen molar-refractivity contribution in [1.29, 1.82) is 0 Å². The molecular weight excluding hydrogens is 160 g/mol. The van der Waals surface area contributed by atoms with E-state index in [0.717, 1.165) is 12.1 Å². The van der Waals surface area contributed by atoms with Gasteiger partial charge in [0, 0.05) is 18.6 Å². The molecule has 78 valence electrons. The van der Waals surface area contributed by atoms with E-state index in [1.807, 2.05) is 13.8 Å². The number of rotatable bonds is 1. The van der Waals surface area contributed by atoms with Gasteiger partial charge in [-0.1, -0.05) is 13.8 Å². The first-order valence-electron chi connectivity index (χ1n) is 5.81. The van der Waals surface area contributed by atoms with Gasteiger partial charge in [-0.2, -0.15) is 0 Å². The van der Waals surface area contributed by atoms with Crippen molar-refractivity contribution in [2.45, 2.75) is 51.6 Å². The Labute approximate surface area is 82.7 Å². The van der Waals surface area contributed by atoms with Crippen molar-refractivity contribution in [2.24, 2.45) is 0 Å². The van der Waals surface area contributed by atoms with Crippen LogP contribution < -0.4 is 5.32 Å². The lowest BCUT2D eigenvalue weighted by molar-refractivity contribution is 0.167. The van der Waals surface area contributed by atoms with Gasteiger partial charge in [0.05, 0.1) is 0 Å². The molecular formula is C11H24N2. The quantitative estimate of drug-likeness (QED) is 0.669. The van der Waals surface area contributed by atoms with E-state index in [1.165, 1.54) is 38.8 Å². The molecule has 2 rings (SSSR count). The van der Waals surface area contributed by atoms with E-state index in [2.05, 4.69) is 17.3 Å².